The molecule has 136 valence electrons. The molecule has 1 aromatic heterocycles. The minimum atomic E-state index is -0.173. The molecule has 0 spiro atoms. The van der Waals surface area contributed by atoms with Crippen molar-refractivity contribution in [3.8, 4) is 17.1 Å². The molecule has 0 saturated heterocycles. The van der Waals surface area contributed by atoms with Gasteiger partial charge in [-0.15, -0.1) is 5.10 Å². The van der Waals surface area contributed by atoms with Crippen LogP contribution in [0.25, 0.3) is 17.1 Å². The van der Waals surface area contributed by atoms with Crippen LogP contribution in [0.1, 0.15) is 25.3 Å². The first kappa shape index (κ1) is 16.0. The van der Waals surface area contributed by atoms with E-state index < -0.39 is 0 Å². The lowest BCUT2D eigenvalue weighted by molar-refractivity contribution is -0.117. The van der Waals surface area contributed by atoms with Gasteiger partial charge in [0.1, 0.15) is 6.04 Å². The van der Waals surface area contributed by atoms with E-state index in [9.17, 15) is 4.79 Å². The number of benzene rings is 2. The number of aryl methyl sites for hydroxylation is 1. The molecule has 7 heteroatoms. The van der Waals surface area contributed by atoms with E-state index in [2.05, 4.69) is 38.7 Å². The van der Waals surface area contributed by atoms with Crippen LogP contribution in [0.4, 0.5) is 11.4 Å². The van der Waals surface area contributed by atoms with Crippen molar-refractivity contribution in [2.45, 2.75) is 38.8 Å². The molecule has 1 atom stereocenters. The second kappa shape index (κ2) is 5.90. The fraction of sp³-hybridized carbons (Fsp3) is 0.300. The van der Waals surface area contributed by atoms with Crippen molar-refractivity contribution >= 4 is 17.3 Å². The van der Waals surface area contributed by atoms with E-state index in [1.165, 1.54) is 5.56 Å². The largest absolute Gasteiger partial charge is 0.355 e. The van der Waals surface area contributed by atoms with Crippen molar-refractivity contribution in [2.75, 3.05) is 10.2 Å². The summed E-state index contributed by atoms with van der Waals surface area (Å²) in [5, 5.41) is 15.3. The summed E-state index contributed by atoms with van der Waals surface area (Å²) in [5.74, 6) is 0.730. The number of amides is 1. The SMILES string of the molecule is Cc1ccc(-n2nnnc2-c2ccc3c(c2)N(C2CC2)C(C)C(=O)N3)cc1. The second-order valence-electron chi connectivity index (χ2n) is 7.29. The van der Waals surface area contributed by atoms with Crippen LogP contribution in [-0.4, -0.2) is 38.2 Å². The zero-order valence-corrected chi connectivity index (χ0v) is 15.3. The molecule has 1 amide bonds. The summed E-state index contributed by atoms with van der Waals surface area (Å²) in [4.78, 5) is 14.5. The second-order valence-corrected chi connectivity index (χ2v) is 7.29. The van der Waals surface area contributed by atoms with E-state index in [0.717, 1.165) is 35.5 Å². The van der Waals surface area contributed by atoms with Crippen molar-refractivity contribution < 1.29 is 4.79 Å². The highest BCUT2D eigenvalue weighted by Gasteiger charge is 2.39. The number of aromatic nitrogens is 4. The third-order valence-electron chi connectivity index (χ3n) is 5.28. The van der Waals surface area contributed by atoms with Crippen LogP contribution in [0.5, 0.6) is 0 Å². The Morgan fingerprint density at radius 1 is 1.11 bits per heavy atom. The molecule has 0 radical (unpaired) electrons. The Morgan fingerprint density at radius 3 is 2.63 bits per heavy atom. The van der Waals surface area contributed by atoms with Crippen molar-refractivity contribution in [2.24, 2.45) is 0 Å². The Labute approximate surface area is 157 Å². The molecule has 1 aliphatic heterocycles. The normalized spacial score (nSPS) is 19.0. The highest BCUT2D eigenvalue weighted by atomic mass is 16.2. The minimum Gasteiger partial charge on any atom is -0.355 e. The molecule has 2 aliphatic rings. The van der Waals surface area contributed by atoms with Gasteiger partial charge in [-0.2, -0.15) is 4.68 Å². The van der Waals surface area contributed by atoms with E-state index in [1.54, 1.807) is 4.68 Å². The summed E-state index contributed by atoms with van der Waals surface area (Å²) in [7, 11) is 0. The summed E-state index contributed by atoms with van der Waals surface area (Å²) in [5.41, 5.74) is 4.92. The van der Waals surface area contributed by atoms with Crippen molar-refractivity contribution in [1.82, 2.24) is 20.2 Å². The first-order chi connectivity index (χ1) is 13.1. The quantitative estimate of drug-likeness (QED) is 0.777. The first-order valence-corrected chi connectivity index (χ1v) is 9.21. The number of hydrogen-bond donors (Lipinski definition) is 1. The zero-order chi connectivity index (χ0) is 18.5. The van der Waals surface area contributed by atoms with Gasteiger partial charge in [0.25, 0.3) is 0 Å². The maximum absolute atomic E-state index is 12.3. The molecular weight excluding hydrogens is 340 g/mol. The number of tetrazole rings is 1. The maximum Gasteiger partial charge on any atom is 0.246 e. The van der Waals surface area contributed by atoms with E-state index in [-0.39, 0.29) is 11.9 Å². The molecule has 1 unspecified atom stereocenters. The van der Waals surface area contributed by atoms with Crippen molar-refractivity contribution in [3.63, 3.8) is 0 Å². The Hall–Kier alpha value is -3.22. The van der Waals surface area contributed by atoms with Gasteiger partial charge in [-0.1, -0.05) is 17.7 Å². The third-order valence-corrected chi connectivity index (χ3v) is 5.28. The van der Waals surface area contributed by atoms with E-state index in [1.807, 2.05) is 43.3 Å². The van der Waals surface area contributed by atoms with Gasteiger partial charge in [0.15, 0.2) is 5.82 Å². The molecule has 2 heterocycles. The van der Waals surface area contributed by atoms with Crippen LogP contribution >= 0.6 is 0 Å². The smallest absolute Gasteiger partial charge is 0.246 e. The number of nitrogens with zero attached hydrogens (tertiary/aromatic N) is 5. The predicted molar refractivity (Wildman–Crippen MR) is 103 cm³/mol. The predicted octanol–water partition coefficient (Wildman–Crippen LogP) is 2.95. The number of carbonyl (C=O) groups is 1. The maximum atomic E-state index is 12.3. The summed E-state index contributed by atoms with van der Waals surface area (Å²) < 4.78 is 1.74. The monoisotopic (exact) mass is 360 g/mol. The van der Waals surface area contributed by atoms with Gasteiger partial charge >= 0.3 is 0 Å². The first-order valence-electron chi connectivity index (χ1n) is 9.21. The molecule has 0 bridgehead atoms. The molecule has 1 aliphatic carbocycles. The lowest BCUT2D eigenvalue weighted by Gasteiger charge is -2.36. The molecule has 3 aromatic rings. The number of carbonyl (C=O) groups excluding carboxylic acids is 1. The highest BCUT2D eigenvalue weighted by Crippen LogP contribution is 2.42. The van der Waals surface area contributed by atoms with Gasteiger partial charge < -0.3 is 10.2 Å². The molecule has 1 saturated carbocycles. The van der Waals surface area contributed by atoms with Crippen LogP contribution < -0.4 is 10.2 Å². The van der Waals surface area contributed by atoms with E-state index >= 15 is 0 Å². The molecular formula is C20H20N6O. The average Bonchev–Trinajstić information content (AvgIpc) is 3.38. The topological polar surface area (TPSA) is 75.9 Å². The van der Waals surface area contributed by atoms with Gasteiger partial charge in [0.2, 0.25) is 5.91 Å². The molecule has 27 heavy (non-hydrogen) atoms. The fourth-order valence-electron chi connectivity index (χ4n) is 3.65. The van der Waals surface area contributed by atoms with Crippen LogP contribution in [-0.2, 0) is 4.79 Å². The Morgan fingerprint density at radius 2 is 1.89 bits per heavy atom. The molecule has 2 aromatic carbocycles. The fourth-order valence-corrected chi connectivity index (χ4v) is 3.65. The van der Waals surface area contributed by atoms with Gasteiger partial charge in [-0.05, 0) is 67.4 Å². The van der Waals surface area contributed by atoms with Gasteiger partial charge in [-0.25, -0.2) is 0 Å². The highest BCUT2D eigenvalue weighted by molar-refractivity contribution is 6.04. The molecule has 5 rings (SSSR count). The van der Waals surface area contributed by atoms with Crippen LogP contribution in [0, 0.1) is 6.92 Å². The molecule has 1 N–H and O–H groups in total. The third kappa shape index (κ3) is 2.66. The summed E-state index contributed by atoms with van der Waals surface area (Å²) in [6.45, 7) is 4.01. The van der Waals surface area contributed by atoms with Gasteiger partial charge in [0.05, 0.1) is 17.1 Å². The van der Waals surface area contributed by atoms with Crippen LogP contribution in [0.15, 0.2) is 42.5 Å². The zero-order valence-electron chi connectivity index (χ0n) is 15.3. The van der Waals surface area contributed by atoms with Crippen LogP contribution in [0.3, 0.4) is 0 Å². The summed E-state index contributed by atoms with van der Waals surface area (Å²) in [6, 6.07) is 14.3. The number of hydrogen-bond acceptors (Lipinski definition) is 5. The molecule has 7 nitrogen and oxygen atoms in total. The Balaban J connectivity index is 1.59. The van der Waals surface area contributed by atoms with Gasteiger partial charge in [0, 0.05) is 11.6 Å². The number of rotatable bonds is 3. The van der Waals surface area contributed by atoms with Crippen LogP contribution in [0.2, 0.25) is 0 Å². The minimum absolute atomic E-state index is 0.0478. The van der Waals surface area contributed by atoms with E-state index in [4.69, 9.17) is 0 Å². The standard InChI is InChI=1S/C20H20N6O/c1-12-3-6-16(7-4-12)26-19(22-23-24-26)14-5-10-17-18(11-14)25(15-8-9-15)13(2)20(27)21-17/h3-7,10-11,13,15H,8-9H2,1-2H3,(H,21,27). The van der Waals surface area contributed by atoms with Gasteiger partial charge in [-0.3, -0.25) is 4.79 Å². The lowest BCUT2D eigenvalue weighted by atomic mass is 10.1. The number of fused-ring (bicyclic) bond motifs is 1. The summed E-state index contributed by atoms with van der Waals surface area (Å²) >= 11 is 0. The Kier molecular flexibility index (Phi) is 3.50. The van der Waals surface area contributed by atoms with E-state index in [0.29, 0.717) is 11.9 Å². The number of anilines is 2. The van der Waals surface area contributed by atoms with Crippen molar-refractivity contribution in [3.05, 3.63) is 48.0 Å². The summed E-state index contributed by atoms with van der Waals surface area (Å²) in [6.07, 6.45) is 2.25. The lowest BCUT2D eigenvalue weighted by Crippen LogP contribution is -2.47. The average molecular weight is 360 g/mol. The van der Waals surface area contributed by atoms with Crippen molar-refractivity contribution in [1.29, 1.82) is 0 Å². The Bertz CT molecular complexity index is 1020. The molecule has 1 fully saturated rings. The number of nitrogens with one attached hydrogen (secondary N) is 1.